The molecule has 1 aliphatic heterocycles. The molecule has 1 unspecified atom stereocenters. The van der Waals surface area contributed by atoms with Crippen LogP contribution in [-0.2, 0) is 10.3 Å². The van der Waals surface area contributed by atoms with Crippen LogP contribution in [0.1, 0.15) is 24.5 Å². The molecule has 0 radical (unpaired) electrons. The lowest BCUT2D eigenvalue weighted by atomic mass is 9.89. The summed E-state index contributed by atoms with van der Waals surface area (Å²) in [6.07, 6.45) is 0.940. The Labute approximate surface area is 108 Å². The molecule has 1 aliphatic rings. The first kappa shape index (κ1) is 12.9. The van der Waals surface area contributed by atoms with Gasteiger partial charge < -0.3 is 10.1 Å². The van der Waals surface area contributed by atoms with Gasteiger partial charge in [0.15, 0.2) is 0 Å². The lowest BCUT2D eigenvalue weighted by molar-refractivity contribution is -0.126. The van der Waals surface area contributed by atoms with Crippen LogP contribution in [0.15, 0.2) is 18.2 Å². The van der Waals surface area contributed by atoms with Crippen molar-refractivity contribution in [3.63, 3.8) is 0 Å². The number of methoxy groups -OCH3 is 1. The molecule has 1 aromatic carbocycles. The Morgan fingerprint density at radius 1 is 1.33 bits per heavy atom. The zero-order valence-electron chi connectivity index (χ0n) is 11.2. The zero-order valence-corrected chi connectivity index (χ0v) is 11.2. The third-order valence-electron chi connectivity index (χ3n) is 3.47. The van der Waals surface area contributed by atoms with Crippen molar-refractivity contribution in [1.29, 1.82) is 0 Å². The van der Waals surface area contributed by atoms with Gasteiger partial charge in [-0.15, -0.1) is 0 Å². The van der Waals surface area contributed by atoms with E-state index in [1.54, 1.807) is 7.11 Å². The Balaban J connectivity index is 2.50. The van der Waals surface area contributed by atoms with Crippen LogP contribution in [0, 0.1) is 6.92 Å². The van der Waals surface area contributed by atoms with E-state index in [9.17, 15) is 4.79 Å². The highest BCUT2D eigenvalue weighted by atomic mass is 16.5. The van der Waals surface area contributed by atoms with Gasteiger partial charge in [-0.05, 0) is 38.9 Å². The van der Waals surface area contributed by atoms with Crippen LogP contribution in [-0.4, -0.2) is 26.1 Å². The zero-order chi connectivity index (χ0) is 13.2. The number of aryl methyl sites for hydroxylation is 1. The van der Waals surface area contributed by atoms with E-state index in [2.05, 4.69) is 10.6 Å². The largest absolute Gasteiger partial charge is 0.496 e. The highest BCUT2D eigenvalue weighted by Crippen LogP contribution is 2.31. The van der Waals surface area contributed by atoms with Crippen LogP contribution >= 0.6 is 0 Å². The molecule has 1 aromatic rings. The minimum absolute atomic E-state index is 0.00361. The molecule has 1 fully saturated rings. The summed E-state index contributed by atoms with van der Waals surface area (Å²) in [4.78, 5) is 12.3. The van der Waals surface area contributed by atoms with Gasteiger partial charge in [-0.1, -0.05) is 11.6 Å². The quantitative estimate of drug-likeness (QED) is 0.830. The molecule has 1 heterocycles. The maximum absolute atomic E-state index is 12.3. The Bertz CT molecular complexity index is 459. The number of carbonyl (C=O) groups excluding carboxylic acids is 1. The van der Waals surface area contributed by atoms with Crippen molar-refractivity contribution < 1.29 is 9.53 Å². The molecular formula is C14H20N2O2. The topological polar surface area (TPSA) is 50.4 Å². The summed E-state index contributed by atoms with van der Waals surface area (Å²) in [6, 6.07) is 5.91. The Morgan fingerprint density at radius 2 is 2.11 bits per heavy atom. The summed E-state index contributed by atoms with van der Waals surface area (Å²) in [5.74, 6) is 0.747. The third kappa shape index (κ3) is 2.20. The first-order valence-electron chi connectivity index (χ1n) is 6.26. The molecule has 2 rings (SSSR count). The molecule has 1 atom stereocenters. The second-order valence-corrected chi connectivity index (χ2v) is 4.86. The van der Waals surface area contributed by atoms with E-state index < -0.39 is 5.54 Å². The molecule has 98 valence electrons. The van der Waals surface area contributed by atoms with E-state index in [1.165, 1.54) is 0 Å². The Hall–Kier alpha value is -1.55. The van der Waals surface area contributed by atoms with Crippen molar-refractivity contribution in [2.45, 2.75) is 25.8 Å². The molecular weight excluding hydrogens is 228 g/mol. The smallest absolute Gasteiger partial charge is 0.244 e. The average Bonchev–Trinajstić information content (AvgIpc) is 2.53. The van der Waals surface area contributed by atoms with Gasteiger partial charge in [-0.3, -0.25) is 10.1 Å². The number of hydrogen-bond acceptors (Lipinski definition) is 3. The monoisotopic (exact) mass is 248 g/mol. The van der Waals surface area contributed by atoms with E-state index in [4.69, 9.17) is 4.74 Å². The van der Waals surface area contributed by atoms with E-state index in [-0.39, 0.29) is 5.91 Å². The number of nitrogens with one attached hydrogen (secondary N) is 2. The fourth-order valence-corrected chi connectivity index (χ4v) is 2.32. The van der Waals surface area contributed by atoms with Crippen LogP contribution in [0.3, 0.4) is 0 Å². The maximum Gasteiger partial charge on any atom is 0.244 e. The molecule has 0 spiro atoms. The number of hydrogen-bond donors (Lipinski definition) is 2. The fourth-order valence-electron chi connectivity index (χ4n) is 2.32. The van der Waals surface area contributed by atoms with Gasteiger partial charge in [0.1, 0.15) is 11.3 Å². The summed E-state index contributed by atoms with van der Waals surface area (Å²) in [6.45, 7) is 5.45. The summed E-state index contributed by atoms with van der Waals surface area (Å²) in [7, 11) is 1.63. The Kier molecular flexibility index (Phi) is 3.57. The Morgan fingerprint density at radius 3 is 2.83 bits per heavy atom. The number of benzene rings is 1. The SMILES string of the molecule is COc1ccc(C)cc1C1(C)NCCCNC1=O. The van der Waals surface area contributed by atoms with Crippen LogP contribution in [0.5, 0.6) is 5.75 Å². The molecule has 0 bridgehead atoms. The number of ether oxygens (including phenoxy) is 1. The first-order chi connectivity index (χ1) is 8.58. The molecule has 4 heteroatoms. The number of rotatable bonds is 2. The van der Waals surface area contributed by atoms with E-state index in [0.29, 0.717) is 0 Å². The minimum atomic E-state index is -0.728. The highest BCUT2D eigenvalue weighted by Gasteiger charge is 2.38. The van der Waals surface area contributed by atoms with Gasteiger partial charge >= 0.3 is 0 Å². The van der Waals surface area contributed by atoms with Crippen molar-refractivity contribution in [2.75, 3.05) is 20.2 Å². The average molecular weight is 248 g/mol. The normalized spacial score (nSPS) is 24.3. The van der Waals surface area contributed by atoms with Crippen LogP contribution in [0.25, 0.3) is 0 Å². The lowest BCUT2D eigenvalue weighted by Gasteiger charge is -2.29. The second-order valence-electron chi connectivity index (χ2n) is 4.86. The van der Waals surface area contributed by atoms with Gasteiger partial charge in [-0.2, -0.15) is 0 Å². The number of amides is 1. The van der Waals surface area contributed by atoms with E-state index in [0.717, 1.165) is 36.4 Å². The van der Waals surface area contributed by atoms with Crippen molar-refractivity contribution in [3.8, 4) is 5.75 Å². The lowest BCUT2D eigenvalue weighted by Crippen LogP contribution is -2.50. The predicted octanol–water partition coefficient (Wildman–Crippen LogP) is 1.33. The van der Waals surface area contributed by atoms with Crippen molar-refractivity contribution in [2.24, 2.45) is 0 Å². The molecule has 4 nitrogen and oxygen atoms in total. The van der Waals surface area contributed by atoms with Gasteiger partial charge in [0, 0.05) is 12.1 Å². The van der Waals surface area contributed by atoms with E-state index >= 15 is 0 Å². The fraction of sp³-hybridized carbons (Fsp3) is 0.500. The van der Waals surface area contributed by atoms with Gasteiger partial charge in [0.05, 0.1) is 7.11 Å². The van der Waals surface area contributed by atoms with Gasteiger partial charge in [0.2, 0.25) is 5.91 Å². The second kappa shape index (κ2) is 4.98. The standard InChI is InChI=1S/C14H20N2O2/c1-10-5-6-12(18-3)11(9-10)14(2)13(17)15-7-4-8-16-14/h5-6,9,16H,4,7-8H2,1-3H3,(H,15,17). The predicted molar refractivity (Wildman–Crippen MR) is 70.7 cm³/mol. The van der Waals surface area contributed by atoms with Crippen molar-refractivity contribution in [3.05, 3.63) is 29.3 Å². The van der Waals surface area contributed by atoms with Crippen molar-refractivity contribution >= 4 is 5.91 Å². The maximum atomic E-state index is 12.3. The van der Waals surface area contributed by atoms with Crippen LogP contribution in [0.2, 0.25) is 0 Å². The van der Waals surface area contributed by atoms with Crippen LogP contribution in [0.4, 0.5) is 0 Å². The summed E-state index contributed by atoms with van der Waals surface area (Å²) in [5.41, 5.74) is 1.28. The minimum Gasteiger partial charge on any atom is -0.496 e. The molecule has 2 N–H and O–H groups in total. The number of carbonyl (C=O) groups is 1. The molecule has 1 amide bonds. The third-order valence-corrected chi connectivity index (χ3v) is 3.47. The molecule has 0 aromatic heterocycles. The highest BCUT2D eigenvalue weighted by molar-refractivity contribution is 5.88. The van der Waals surface area contributed by atoms with Gasteiger partial charge in [-0.25, -0.2) is 0 Å². The van der Waals surface area contributed by atoms with E-state index in [1.807, 2.05) is 32.0 Å². The first-order valence-corrected chi connectivity index (χ1v) is 6.26. The summed E-state index contributed by atoms with van der Waals surface area (Å²) < 4.78 is 5.39. The molecule has 0 saturated carbocycles. The molecule has 0 aliphatic carbocycles. The summed E-state index contributed by atoms with van der Waals surface area (Å²) >= 11 is 0. The van der Waals surface area contributed by atoms with Crippen molar-refractivity contribution in [1.82, 2.24) is 10.6 Å². The molecule has 1 saturated heterocycles. The summed E-state index contributed by atoms with van der Waals surface area (Å²) in [5, 5.41) is 6.28. The van der Waals surface area contributed by atoms with Gasteiger partial charge in [0.25, 0.3) is 0 Å². The van der Waals surface area contributed by atoms with Crippen LogP contribution < -0.4 is 15.4 Å². The molecule has 18 heavy (non-hydrogen) atoms.